The Morgan fingerprint density at radius 1 is 1.40 bits per heavy atom. The fourth-order valence-corrected chi connectivity index (χ4v) is 2.45. The molecule has 2 rings (SSSR count). The van der Waals surface area contributed by atoms with Crippen LogP contribution in [0.5, 0.6) is 0 Å². The van der Waals surface area contributed by atoms with Gasteiger partial charge in [-0.25, -0.2) is 9.48 Å². The highest BCUT2D eigenvalue weighted by molar-refractivity contribution is 6.32. The van der Waals surface area contributed by atoms with Crippen LogP contribution in [0.1, 0.15) is 40.5 Å². The molecule has 0 saturated heterocycles. The molecule has 0 saturated carbocycles. The van der Waals surface area contributed by atoms with Crippen molar-refractivity contribution in [1.29, 1.82) is 0 Å². The Labute approximate surface area is 123 Å². The minimum Gasteiger partial charge on any atom is -0.478 e. The second-order valence-electron chi connectivity index (χ2n) is 4.75. The lowest BCUT2D eigenvalue weighted by Crippen LogP contribution is -2.04. The molecule has 1 aromatic carbocycles. The van der Waals surface area contributed by atoms with Crippen molar-refractivity contribution in [2.24, 2.45) is 0 Å². The predicted molar refractivity (Wildman–Crippen MR) is 78.5 cm³/mol. The summed E-state index contributed by atoms with van der Waals surface area (Å²) in [4.78, 5) is 11.3. The van der Waals surface area contributed by atoms with Crippen LogP contribution < -0.4 is 0 Å². The maximum Gasteiger partial charge on any atom is 0.340 e. The van der Waals surface area contributed by atoms with E-state index in [0.717, 1.165) is 17.5 Å². The average Bonchev–Trinajstić information content (AvgIpc) is 2.69. The maximum atomic E-state index is 11.3. The van der Waals surface area contributed by atoms with Gasteiger partial charge in [-0.1, -0.05) is 49.2 Å². The van der Waals surface area contributed by atoms with Crippen molar-refractivity contribution >= 4 is 17.6 Å². The first-order valence-electron chi connectivity index (χ1n) is 6.57. The van der Waals surface area contributed by atoms with E-state index in [-0.39, 0.29) is 10.7 Å². The van der Waals surface area contributed by atoms with Gasteiger partial charge in [0.05, 0.1) is 12.2 Å². The lowest BCUT2D eigenvalue weighted by atomic mass is 10.1. The van der Waals surface area contributed by atoms with Gasteiger partial charge in [0.1, 0.15) is 10.7 Å². The lowest BCUT2D eigenvalue weighted by Gasteiger charge is -2.06. The molecular formula is C15H17ClN2O2. The number of benzene rings is 1. The van der Waals surface area contributed by atoms with Crippen LogP contribution in [0.25, 0.3) is 0 Å². The molecule has 20 heavy (non-hydrogen) atoms. The van der Waals surface area contributed by atoms with E-state index in [2.05, 4.69) is 5.10 Å². The third-order valence-electron chi connectivity index (χ3n) is 3.24. The Kier molecular flexibility index (Phi) is 4.45. The molecule has 5 heteroatoms. The average molecular weight is 293 g/mol. The summed E-state index contributed by atoms with van der Waals surface area (Å²) >= 11 is 6.18. The summed E-state index contributed by atoms with van der Waals surface area (Å²) in [5, 5.41) is 13.8. The number of halogens is 1. The summed E-state index contributed by atoms with van der Waals surface area (Å²) in [5.74, 6) is -1.02. The molecule has 1 aromatic heterocycles. The number of rotatable bonds is 5. The fourth-order valence-electron chi connectivity index (χ4n) is 2.16. The molecule has 0 unspecified atom stereocenters. The summed E-state index contributed by atoms with van der Waals surface area (Å²) in [6.45, 7) is 4.48. The zero-order valence-corrected chi connectivity index (χ0v) is 12.3. The van der Waals surface area contributed by atoms with Crippen LogP contribution >= 0.6 is 11.6 Å². The summed E-state index contributed by atoms with van der Waals surface area (Å²) in [5.41, 5.74) is 2.89. The minimum absolute atomic E-state index is 0.127. The number of aromatic carboxylic acids is 1. The van der Waals surface area contributed by atoms with Gasteiger partial charge in [0.15, 0.2) is 0 Å². The molecule has 2 aromatic rings. The Bertz CT molecular complexity index is 635. The maximum absolute atomic E-state index is 11.3. The third-order valence-corrected chi connectivity index (χ3v) is 3.63. The second-order valence-corrected chi connectivity index (χ2v) is 5.11. The first-order chi connectivity index (χ1) is 9.54. The first-order valence-corrected chi connectivity index (χ1v) is 6.95. The normalized spacial score (nSPS) is 10.8. The Morgan fingerprint density at radius 2 is 2.10 bits per heavy atom. The number of hydrogen-bond acceptors (Lipinski definition) is 2. The van der Waals surface area contributed by atoms with E-state index in [1.165, 1.54) is 0 Å². The smallest absolute Gasteiger partial charge is 0.340 e. The van der Waals surface area contributed by atoms with Crippen LogP contribution in [0.3, 0.4) is 0 Å². The van der Waals surface area contributed by atoms with E-state index in [9.17, 15) is 9.90 Å². The Balaban J connectivity index is 2.40. The van der Waals surface area contributed by atoms with Crippen molar-refractivity contribution < 1.29 is 9.90 Å². The number of aryl methyl sites for hydroxylation is 2. The molecule has 0 atom stereocenters. The summed E-state index contributed by atoms with van der Waals surface area (Å²) in [7, 11) is 0. The molecule has 0 spiro atoms. The van der Waals surface area contributed by atoms with Crippen LogP contribution in [0, 0.1) is 6.92 Å². The fraction of sp³-hybridized carbons (Fsp3) is 0.333. The SMILES string of the molecule is CCCc1nn(Cc2ccccc2C)c(Cl)c1C(=O)O. The van der Waals surface area contributed by atoms with Crippen molar-refractivity contribution in [3.05, 3.63) is 51.8 Å². The largest absolute Gasteiger partial charge is 0.478 e. The summed E-state index contributed by atoms with van der Waals surface area (Å²) in [6, 6.07) is 7.92. The van der Waals surface area contributed by atoms with Crippen LogP contribution in [-0.4, -0.2) is 20.9 Å². The van der Waals surface area contributed by atoms with Gasteiger partial charge in [-0.3, -0.25) is 0 Å². The quantitative estimate of drug-likeness (QED) is 0.917. The topological polar surface area (TPSA) is 55.1 Å². The number of nitrogens with zero attached hydrogens (tertiary/aromatic N) is 2. The Hall–Kier alpha value is -1.81. The van der Waals surface area contributed by atoms with Crippen molar-refractivity contribution in [3.8, 4) is 0 Å². The third kappa shape index (κ3) is 2.85. The molecule has 0 bridgehead atoms. The van der Waals surface area contributed by atoms with Gasteiger partial charge in [0.25, 0.3) is 0 Å². The molecule has 0 aliphatic rings. The van der Waals surface area contributed by atoms with Gasteiger partial charge in [-0.2, -0.15) is 5.10 Å². The van der Waals surface area contributed by atoms with E-state index >= 15 is 0 Å². The summed E-state index contributed by atoms with van der Waals surface area (Å²) in [6.07, 6.45) is 1.44. The Morgan fingerprint density at radius 3 is 2.70 bits per heavy atom. The molecule has 0 radical (unpaired) electrons. The standard InChI is InChI=1S/C15H17ClN2O2/c1-3-6-12-13(15(19)20)14(16)18(17-12)9-11-8-5-4-7-10(11)2/h4-5,7-8H,3,6,9H2,1-2H3,(H,19,20). The monoisotopic (exact) mass is 292 g/mol. The zero-order chi connectivity index (χ0) is 14.7. The molecule has 1 heterocycles. The van der Waals surface area contributed by atoms with E-state index in [1.807, 2.05) is 38.1 Å². The molecule has 106 valence electrons. The zero-order valence-electron chi connectivity index (χ0n) is 11.6. The predicted octanol–water partition coefficient (Wildman–Crippen LogP) is 3.54. The summed E-state index contributed by atoms with van der Waals surface area (Å²) < 4.78 is 1.57. The minimum atomic E-state index is -1.02. The number of carboxylic acids is 1. The van der Waals surface area contributed by atoms with Gasteiger partial charge in [0, 0.05) is 0 Å². The lowest BCUT2D eigenvalue weighted by molar-refractivity contribution is 0.0696. The van der Waals surface area contributed by atoms with Crippen molar-refractivity contribution in [1.82, 2.24) is 9.78 Å². The second kappa shape index (κ2) is 6.09. The van der Waals surface area contributed by atoms with Gasteiger partial charge in [0.2, 0.25) is 0 Å². The van der Waals surface area contributed by atoms with E-state index < -0.39 is 5.97 Å². The highest BCUT2D eigenvalue weighted by Crippen LogP contribution is 2.23. The number of aromatic nitrogens is 2. The van der Waals surface area contributed by atoms with Crippen molar-refractivity contribution in [2.45, 2.75) is 33.2 Å². The van der Waals surface area contributed by atoms with E-state index in [1.54, 1.807) is 4.68 Å². The highest BCUT2D eigenvalue weighted by atomic mass is 35.5. The van der Waals surface area contributed by atoms with Crippen LogP contribution in [-0.2, 0) is 13.0 Å². The van der Waals surface area contributed by atoms with Crippen molar-refractivity contribution in [3.63, 3.8) is 0 Å². The molecule has 1 N–H and O–H groups in total. The number of carbonyl (C=O) groups is 1. The van der Waals surface area contributed by atoms with Gasteiger partial charge in [-0.15, -0.1) is 0 Å². The van der Waals surface area contributed by atoms with E-state index in [0.29, 0.717) is 18.7 Å². The molecule has 4 nitrogen and oxygen atoms in total. The molecule has 0 amide bonds. The number of hydrogen-bond donors (Lipinski definition) is 1. The van der Waals surface area contributed by atoms with Crippen LogP contribution in [0.15, 0.2) is 24.3 Å². The van der Waals surface area contributed by atoms with Gasteiger partial charge in [-0.05, 0) is 24.5 Å². The van der Waals surface area contributed by atoms with E-state index in [4.69, 9.17) is 11.6 Å². The number of carboxylic acid groups (broad SMARTS) is 1. The molecule has 0 aliphatic carbocycles. The molecular weight excluding hydrogens is 276 g/mol. The molecule has 0 fully saturated rings. The van der Waals surface area contributed by atoms with Gasteiger partial charge < -0.3 is 5.11 Å². The highest BCUT2D eigenvalue weighted by Gasteiger charge is 2.21. The van der Waals surface area contributed by atoms with Crippen LogP contribution in [0.2, 0.25) is 5.15 Å². The van der Waals surface area contributed by atoms with Crippen LogP contribution in [0.4, 0.5) is 0 Å². The molecule has 0 aliphatic heterocycles. The van der Waals surface area contributed by atoms with Crippen molar-refractivity contribution in [2.75, 3.05) is 0 Å². The van der Waals surface area contributed by atoms with Gasteiger partial charge >= 0.3 is 5.97 Å². The first kappa shape index (κ1) is 14.6.